The van der Waals surface area contributed by atoms with Crippen LogP contribution >= 0.6 is 0 Å². The van der Waals surface area contributed by atoms with Gasteiger partial charge in [-0.05, 0) is 31.5 Å². The van der Waals surface area contributed by atoms with Gasteiger partial charge in [-0.3, -0.25) is 9.59 Å². The topological polar surface area (TPSA) is 110 Å². The first-order chi connectivity index (χ1) is 14.5. The molecule has 2 rings (SSSR count). The van der Waals surface area contributed by atoms with Crippen LogP contribution in [0, 0.1) is 13.8 Å². The molecule has 8 nitrogen and oxygen atoms in total. The molecule has 31 heavy (non-hydrogen) atoms. The molecule has 0 aliphatic rings. The summed E-state index contributed by atoms with van der Waals surface area (Å²) in [7, 11) is 1.46. The molecule has 0 fully saturated rings. The number of alkyl halides is 3. The number of benzene rings is 1. The molecule has 0 aliphatic heterocycles. The molecule has 1 heterocycles. The third kappa shape index (κ3) is 6.32. The predicted molar refractivity (Wildman–Crippen MR) is 105 cm³/mol. The van der Waals surface area contributed by atoms with Gasteiger partial charge in [0.2, 0.25) is 0 Å². The first-order valence-electron chi connectivity index (χ1n) is 9.15. The SMILES string of the molecule is COCCOC(=O)c1c(C)[nH]c(C(=O)Nc2ccccc2C(=O)NCC(F)(F)F)c1C. The number of carbonyl (C=O) groups is 3. The van der Waals surface area contributed by atoms with Crippen molar-refractivity contribution < 1.29 is 37.0 Å². The number of esters is 1. The minimum atomic E-state index is -4.57. The smallest absolute Gasteiger partial charge is 0.405 e. The van der Waals surface area contributed by atoms with E-state index in [4.69, 9.17) is 9.47 Å². The Morgan fingerprint density at radius 1 is 1.06 bits per heavy atom. The number of para-hydroxylation sites is 1. The summed E-state index contributed by atoms with van der Waals surface area (Å²) in [4.78, 5) is 40.0. The van der Waals surface area contributed by atoms with Crippen LogP contribution in [0.1, 0.15) is 42.5 Å². The van der Waals surface area contributed by atoms with Crippen molar-refractivity contribution in [2.75, 3.05) is 32.2 Å². The fourth-order valence-electron chi connectivity index (χ4n) is 2.82. The van der Waals surface area contributed by atoms with E-state index in [1.54, 1.807) is 19.2 Å². The summed E-state index contributed by atoms with van der Waals surface area (Å²) in [5.41, 5.74) is 0.861. The second kappa shape index (κ2) is 10.1. The monoisotopic (exact) mass is 441 g/mol. The maximum atomic E-state index is 12.7. The molecule has 1 aromatic heterocycles. The van der Waals surface area contributed by atoms with E-state index in [1.807, 2.05) is 0 Å². The van der Waals surface area contributed by atoms with Crippen LogP contribution in [-0.2, 0) is 9.47 Å². The molecule has 1 aromatic carbocycles. The quantitative estimate of drug-likeness (QED) is 0.431. The summed E-state index contributed by atoms with van der Waals surface area (Å²) in [5, 5.41) is 4.25. The zero-order valence-corrected chi connectivity index (χ0v) is 17.1. The number of halogens is 3. The number of hydrogen-bond acceptors (Lipinski definition) is 5. The Hall–Kier alpha value is -3.34. The fourth-order valence-corrected chi connectivity index (χ4v) is 2.82. The van der Waals surface area contributed by atoms with Gasteiger partial charge >= 0.3 is 12.1 Å². The van der Waals surface area contributed by atoms with E-state index in [-0.39, 0.29) is 35.7 Å². The normalized spacial score (nSPS) is 11.2. The number of anilines is 1. The highest BCUT2D eigenvalue weighted by atomic mass is 19.4. The van der Waals surface area contributed by atoms with Crippen molar-refractivity contribution in [1.82, 2.24) is 10.3 Å². The van der Waals surface area contributed by atoms with Crippen LogP contribution in [0.2, 0.25) is 0 Å². The maximum absolute atomic E-state index is 12.7. The van der Waals surface area contributed by atoms with Crippen molar-refractivity contribution >= 4 is 23.5 Å². The number of methoxy groups -OCH3 is 1. The standard InChI is InChI=1S/C20H22F3N3O5/c1-11-15(19(29)31-9-8-30-3)12(2)25-16(11)18(28)26-14-7-5-4-6-13(14)17(27)24-10-20(21,22)23/h4-7,25H,8-10H2,1-3H3,(H,24,27)(H,26,28). The number of H-pyrrole nitrogens is 1. The summed E-state index contributed by atoms with van der Waals surface area (Å²) in [5.74, 6) is -2.29. The Kier molecular flexibility index (Phi) is 7.81. The van der Waals surface area contributed by atoms with Crippen LogP contribution in [0.15, 0.2) is 24.3 Å². The summed E-state index contributed by atoms with van der Waals surface area (Å²) in [6, 6.07) is 5.63. The van der Waals surface area contributed by atoms with Gasteiger partial charge in [-0.15, -0.1) is 0 Å². The molecule has 0 saturated carbocycles. The van der Waals surface area contributed by atoms with E-state index >= 15 is 0 Å². The molecule has 168 valence electrons. The first-order valence-corrected chi connectivity index (χ1v) is 9.15. The summed E-state index contributed by atoms with van der Waals surface area (Å²) in [6.45, 7) is 1.90. The van der Waals surface area contributed by atoms with Crippen LogP contribution < -0.4 is 10.6 Å². The van der Waals surface area contributed by atoms with Crippen LogP contribution in [-0.4, -0.2) is 55.8 Å². The average Bonchev–Trinajstić information content (AvgIpc) is 3.00. The number of rotatable bonds is 8. The second-order valence-corrected chi connectivity index (χ2v) is 6.55. The molecule has 2 amide bonds. The van der Waals surface area contributed by atoms with Crippen LogP contribution in [0.5, 0.6) is 0 Å². The molecular weight excluding hydrogens is 419 g/mol. The maximum Gasteiger partial charge on any atom is 0.405 e. The minimum Gasteiger partial charge on any atom is -0.460 e. The zero-order chi connectivity index (χ0) is 23.2. The Labute approximate surface area is 176 Å². The van der Waals surface area contributed by atoms with E-state index in [0.717, 1.165) is 0 Å². The van der Waals surface area contributed by atoms with Gasteiger partial charge in [0.25, 0.3) is 11.8 Å². The molecule has 0 atom stereocenters. The number of amides is 2. The summed E-state index contributed by atoms with van der Waals surface area (Å²) >= 11 is 0. The van der Waals surface area contributed by atoms with Gasteiger partial charge in [0, 0.05) is 12.8 Å². The Balaban J connectivity index is 2.20. The lowest BCUT2D eigenvalue weighted by Crippen LogP contribution is -2.34. The van der Waals surface area contributed by atoms with E-state index in [9.17, 15) is 27.6 Å². The third-order valence-corrected chi connectivity index (χ3v) is 4.26. The van der Waals surface area contributed by atoms with Crippen molar-refractivity contribution in [3.05, 3.63) is 52.3 Å². The lowest BCUT2D eigenvalue weighted by Gasteiger charge is -2.12. The van der Waals surface area contributed by atoms with Crippen LogP contribution in [0.4, 0.5) is 18.9 Å². The molecule has 0 saturated heterocycles. The molecule has 0 unspecified atom stereocenters. The highest BCUT2D eigenvalue weighted by Crippen LogP contribution is 2.22. The van der Waals surface area contributed by atoms with Gasteiger partial charge in [-0.25, -0.2) is 4.79 Å². The van der Waals surface area contributed by atoms with Crippen molar-refractivity contribution in [3.8, 4) is 0 Å². The van der Waals surface area contributed by atoms with Gasteiger partial charge in [0.15, 0.2) is 0 Å². The number of ether oxygens (including phenoxy) is 2. The van der Waals surface area contributed by atoms with E-state index < -0.39 is 30.5 Å². The minimum absolute atomic E-state index is 0.0167. The summed E-state index contributed by atoms with van der Waals surface area (Å²) < 4.78 is 47.0. The van der Waals surface area contributed by atoms with Crippen molar-refractivity contribution in [3.63, 3.8) is 0 Å². The van der Waals surface area contributed by atoms with Gasteiger partial charge < -0.3 is 25.1 Å². The van der Waals surface area contributed by atoms with Gasteiger partial charge in [-0.1, -0.05) is 12.1 Å². The number of hydrogen-bond donors (Lipinski definition) is 3. The molecule has 11 heteroatoms. The largest absolute Gasteiger partial charge is 0.460 e. The average molecular weight is 441 g/mol. The van der Waals surface area contributed by atoms with E-state index in [2.05, 4.69) is 10.3 Å². The number of aromatic nitrogens is 1. The van der Waals surface area contributed by atoms with Gasteiger partial charge in [0.1, 0.15) is 18.8 Å². The zero-order valence-electron chi connectivity index (χ0n) is 17.1. The highest BCUT2D eigenvalue weighted by Gasteiger charge is 2.29. The molecule has 0 aliphatic carbocycles. The fraction of sp³-hybridized carbons (Fsp3) is 0.350. The Morgan fingerprint density at radius 3 is 2.39 bits per heavy atom. The molecule has 0 radical (unpaired) electrons. The summed E-state index contributed by atoms with van der Waals surface area (Å²) in [6.07, 6.45) is -4.57. The lowest BCUT2D eigenvalue weighted by atomic mass is 10.1. The molecule has 0 spiro atoms. The van der Waals surface area contributed by atoms with Crippen LogP contribution in [0.25, 0.3) is 0 Å². The van der Waals surface area contributed by atoms with Crippen LogP contribution in [0.3, 0.4) is 0 Å². The first kappa shape index (κ1) is 23.9. The highest BCUT2D eigenvalue weighted by molar-refractivity contribution is 6.10. The van der Waals surface area contributed by atoms with Crippen molar-refractivity contribution in [1.29, 1.82) is 0 Å². The van der Waals surface area contributed by atoms with Crippen molar-refractivity contribution in [2.24, 2.45) is 0 Å². The molecule has 3 N–H and O–H groups in total. The number of carbonyl (C=O) groups excluding carboxylic acids is 3. The van der Waals surface area contributed by atoms with E-state index in [1.165, 1.54) is 31.4 Å². The molecule has 0 bridgehead atoms. The third-order valence-electron chi connectivity index (χ3n) is 4.26. The lowest BCUT2D eigenvalue weighted by molar-refractivity contribution is -0.123. The second-order valence-electron chi connectivity index (χ2n) is 6.55. The van der Waals surface area contributed by atoms with Gasteiger partial charge in [0.05, 0.1) is 23.4 Å². The predicted octanol–water partition coefficient (Wildman–Crippen LogP) is 2.98. The molecular formula is C20H22F3N3O5. The number of aryl methyl sites for hydroxylation is 1. The molecule has 2 aromatic rings. The van der Waals surface area contributed by atoms with Crippen molar-refractivity contribution in [2.45, 2.75) is 20.0 Å². The Morgan fingerprint density at radius 2 is 1.74 bits per heavy atom. The van der Waals surface area contributed by atoms with Gasteiger partial charge in [-0.2, -0.15) is 13.2 Å². The number of aromatic amines is 1. The number of nitrogens with one attached hydrogen (secondary N) is 3. The van der Waals surface area contributed by atoms with E-state index in [0.29, 0.717) is 11.3 Å². The Bertz CT molecular complexity index is 969.